The third-order valence-electron chi connectivity index (χ3n) is 4.06. The second-order valence-corrected chi connectivity index (χ2v) is 5.52. The molecule has 1 heterocycles. The van der Waals surface area contributed by atoms with Crippen molar-refractivity contribution in [3.63, 3.8) is 0 Å². The number of hydrogen-bond acceptors (Lipinski definition) is 3. The monoisotopic (exact) mass is 294 g/mol. The lowest BCUT2D eigenvalue weighted by Gasteiger charge is -2.17. The molecule has 112 valence electrons. The molecule has 0 saturated carbocycles. The van der Waals surface area contributed by atoms with E-state index in [2.05, 4.69) is 0 Å². The molecule has 0 spiro atoms. The molecule has 2 aromatic carbocycles. The molecule has 0 amide bonds. The van der Waals surface area contributed by atoms with E-state index in [1.807, 2.05) is 44.2 Å². The summed E-state index contributed by atoms with van der Waals surface area (Å²) in [6.07, 6.45) is 0.708. The SMILES string of the molecule is CCC(c1ccc(C)cc1)c1c(O)c2ccccc2oc1=O. The normalized spacial score (nSPS) is 12.5. The van der Waals surface area contributed by atoms with Crippen LogP contribution in [-0.2, 0) is 0 Å². The molecule has 0 bridgehead atoms. The summed E-state index contributed by atoms with van der Waals surface area (Å²) in [5.41, 5.74) is 2.44. The van der Waals surface area contributed by atoms with Crippen LogP contribution < -0.4 is 5.63 Å². The first kappa shape index (κ1) is 14.4. The van der Waals surface area contributed by atoms with Crippen LogP contribution in [0.15, 0.2) is 57.7 Å². The molecule has 3 aromatic rings. The minimum absolute atomic E-state index is 0.0271. The van der Waals surface area contributed by atoms with Gasteiger partial charge in [-0.1, -0.05) is 48.9 Å². The maximum absolute atomic E-state index is 12.4. The van der Waals surface area contributed by atoms with Crippen LogP contribution in [0, 0.1) is 6.92 Å². The molecule has 3 rings (SSSR count). The molecule has 3 nitrogen and oxygen atoms in total. The molecule has 0 radical (unpaired) electrons. The summed E-state index contributed by atoms with van der Waals surface area (Å²) < 4.78 is 5.39. The first-order valence-electron chi connectivity index (χ1n) is 7.43. The summed E-state index contributed by atoms with van der Waals surface area (Å²) in [4.78, 5) is 12.4. The molecule has 1 N–H and O–H groups in total. The molecular weight excluding hydrogens is 276 g/mol. The van der Waals surface area contributed by atoms with Gasteiger partial charge < -0.3 is 9.52 Å². The topological polar surface area (TPSA) is 50.4 Å². The van der Waals surface area contributed by atoms with Crippen molar-refractivity contribution in [2.45, 2.75) is 26.2 Å². The quantitative estimate of drug-likeness (QED) is 0.731. The summed E-state index contributed by atoms with van der Waals surface area (Å²) in [5, 5.41) is 11.2. The van der Waals surface area contributed by atoms with Crippen LogP contribution in [0.2, 0.25) is 0 Å². The van der Waals surface area contributed by atoms with Crippen molar-refractivity contribution in [3.8, 4) is 5.75 Å². The molecule has 22 heavy (non-hydrogen) atoms. The average molecular weight is 294 g/mol. The Bertz CT molecular complexity index is 860. The van der Waals surface area contributed by atoms with E-state index in [-0.39, 0.29) is 11.7 Å². The lowest BCUT2D eigenvalue weighted by atomic mass is 9.88. The number of benzene rings is 2. The minimum atomic E-state index is -0.469. The van der Waals surface area contributed by atoms with Crippen LogP contribution in [0.5, 0.6) is 5.75 Å². The van der Waals surface area contributed by atoms with Gasteiger partial charge in [-0.15, -0.1) is 0 Å². The van der Waals surface area contributed by atoms with Crippen molar-refractivity contribution >= 4 is 11.0 Å². The van der Waals surface area contributed by atoms with Gasteiger partial charge in [0.25, 0.3) is 0 Å². The summed E-state index contributed by atoms with van der Waals surface area (Å²) in [7, 11) is 0. The molecule has 1 aromatic heterocycles. The standard InChI is InChI=1S/C19H18O3/c1-3-14(13-10-8-12(2)9-11-13)17-18(20)15-6-4-5-7-16(15)22-19(17)21/h4-11,14,20H,3H2,1-2H3. The highest BCUT2D eigenvalue weighted by Gasteiger charge is 2.23. The van der Waals surface area contributed by atoms with Crippen LogP contribution in [0.4, 0.5) is 0 Å². The summed E-state index contributed by atoms with van der Waals surface area (Å²) in [6, 6.07) is 15.1. The van der Waals surface area contributed by atoms with E-state index in [9.17, 15) is 9.90 Å². The molecule has 0 saturated heterocycles. The van der Waals surface area contributed by atoms with Crippen molar-refractivity contribution < 1.29 is 9.52 Å². The molecular formula is C19H18O3. The van der Waals surface area contributed by atoms with E-state index in [1.54, 1.807) is 18.2 Å². The highest BCUT2D eigenvalue weighted by Crippen LogP contribution is 2.35. The summed E-state index contributed by atoms with van der Waals surface area (Å²) in [5.74, 6) is -0.152. The Hall–Kier alpha value is -2.55. The van der Waals surface area contributed by atoms with Crippen LogP contribution in [0.1, 0.15) is 36.0 Å². The molecule has 0 aliphatic rings. The van der Waals surface area contributed by atoms with Crippen LogP contribution in [0.3, 0.4) is 0 Å². The zero-order valence-corrected chi connectivity index (χ0v) is 12.7. The number of aryl methyl sites for hydroxylation is 1. The zero-order valence-electron chi connectivity index (χ0n) is 12.7. The van der Waals surface area contributed by atoms with Gasteiger partial charge in [0.2, 0.25) is 0 Å². The van der Waals surface area contributed by atoms with Gasteiger partial charge in [0, 0.05) is 5.92 Å². The highest BCUT2D eigenvalue weighted by molar-refractivity contribution is 5.84. The number of aromatic hydroxyl groups is 1. The summed E-state index contributed by atoms with van der Waals surface area (Å²) >= 11 is 0. The second-order valence-electron chi connectivity index (χ2n) is 5.52. The largest absolute Gasteiger partial charge is 0.507 e. The second kappa shape index (κ2) is 5.68. The van der Waals surface area contributed by atoms with Gasteiger partial charge in [-0.25, -0.2) is 4.79 Å². The predicted molar refractivity (Wildman–Crippen MR) is 87.5 cm³/mol. The number of rotatable bonds is 3. The van der Waals surface area contributed by atoms with Crippen molar-refractivity contribution in [2.24, 2.45) is 0 Å². The lowest BCUT2D eigenvalue weighted by molar-refractivity contribution is 0.450. The maximum Gasteiger partial charge on any atom is 0.343 e. The first-order valence-corrected chi connectivity index (χ1v) is 7.43. The van der Waals surface area contributed by atoms with Gasteiger partial charge in [0.1, 0.15) is 11.3 Å². The van der Waals surface area contributed by atoms with Gasteiger partial charge >= 0.3 is 5.63 Å². The van der Waals surface area contributed by atoms with Gasteiger partial charge in [-0.2, -0.15) is 0 Å². The maximum atomic E-state index is 12.4. The van der Waals surface area contributed by atoms with Gasteiger partial charge in [0.05, 0.1) is 10.9 Å². The van der Waals surface area contributed by atoms with E-state index in [0.29, 0.717) is 23.0 Å². The van der Waals surface area contributed by atoms with E-state index in [4.69, 9.17) is 4.42 Å². The van der Waals surface area contributed by atoms with E-state index >= 15 is 0 Å². The average Bonchev–Trinajstić information content (AvgIpc) is 2.52. The smallest absolute Gasteiger partial charge is 0.343 e. The third-order valence-corrected chi connectivity index (χ3v) is 4.06. The Kier molecular flexibility index (Phi) is 3.72. The third kappa shape index (κ3) is 2.39. The Labute approximate surface area is 128 Å². The Balaban J connectivity index is 2.23. The van der Waals surface area contributed by atoms with Gasteiger partial charge in [-0.05, 0) is 31.0 Å². The molecule has 3 heteroatoms. The Morgan fingerprint density at radius 3 is 2.45 bits per heavy atom. The van der Waals surface area contributed by atoms with Crippen molar-refractivity contribution in [1.29, 1.82) is 0 Å². The van der Waals surface area contributed by atoms with Gasteiger partial charge in [0.15, 0.2) is 0 Å². The summed E-state index contributed by atoms with van der Waals surface area (Å²) in [6.45, 7) is 4.02. The molecule has 0 aliphatic heterocycles. The predicted octanol–water partition coefficient (Wildman–Crippen LogP) is 4.35. The fourth-order valence-corrected chi connectivity index (χ4v) is 2.86. The fraction of sp³-hybridized carbons (Fsp3) is 0.211. The molecule has 1 unspecified atom stereocenters. The van der Waals surface area contributed by atoms with Crippen molar-refractivity contribution in [2.75, 3.05) is 0 Å². The van der Waals surface area contributed by atoms with Crippen LogP contribution in [0.25, 0.3) is 11.0 Å². The van der Waals surface area contributed by atoms with Gasteiger partial charge in [-0.3, -0.25) is 0 Å². The molecule has 0 aliphatic carbocycles. The number of fused-ring (bicyclic) bond motifs is 1. The van der Waals surface area contributed by atoms with Crippen molar-refractivity contribution in [3.05, 3.63) is 75.6 Å². The number of hydrogen-bond donors (Lipinski definition) is 1. The lowest BCUT2D eigenvalue weighted by Crippen LogP contribution is -2.13. The van der Waals surface area contributed by atoms with E-state index in [1.165, 1.54) is 0 Å². The van der Waals surface area contributed by atoms with Crippen LogP contribution >= 0.6 is 0 Å². The zero-order chi connectivity index (χ0) is 15.7. The van der Waals surface area contributed by atoms with E-state index in [0.717, 1.165) is 11.1 Å². The first-order chi connectivity index (χ1) is 10.6. The molecule has 0 fully saturated rings. The highest BCUT2D eigenvalue weighted by atomic mass is 16.4. The minimum Gasteiger partial charge on any atom is -0.507 e. The Morgan fingerprint density at radius 1 is 1.09 bits per heavy atom. The fourth-order valence-electron chi connectivity index (χ4n) is 2.86. The Morgan fingerprint density at radius 2 is 1.77 bits per heavy atom. The van der Waals surface area contributed by atoms with E-state index < -0.39 is 5.63 Å². The number of para-hydroxylation sites is 1. The molecule has 1 atom stereocenters. The van der Waals surface area contributed by atoms with Crippen molar-refractivity contribution in [1.82, 2.24) is 0 Å². The van der Waals surface area contributed by atoms with Crippen LogP contribution in [-0.4, -0.2) is 5.11 Å².